The maximum absolute atomic E-state index is 13.3. The number of carbonyl (C=O) groups excluding carboxylic acids is 1. The average Bonchev–Trinajstić information content (AvgIpc) is 2.83. The second-order valence-corrected chi connectivity index (χ2v) is 7.45. The number of ether oxygens (including phenoxy) is 1. The molecule has 0 radical (unpaired) electrons. The van der Waals surface area contributed by atoms with E-state index in [1.807, 2.05) is 0 Å². The Morgan fingerprint density at radius 2 is 1.64 bits per heavy atom. The lowest BCUT2D eigenvalue weighted by Gasteiger charge is -2.13. The molecule has 33 heavy (non-hydrogen) atoms. The summed E-state index contributed by atoms with van der Waals surface area (Å²) in [6, 6.07) is 22.0. The van der Waals surface area contributed by atoms with Crippen LogP contribution in [-0.2, 0) is 6.54 Å². The van der Waals surface area contributed by atoms with E-state index in [1.54, 1.807) is 78.9 Å². The van der Waals surface area contributed by atoms with Gasteiger partial charge in [0.1, 0.15) is 5.75 Å². The molecule has 3 aromatic carbocycles. The smallest absolute Gasteiger partial charge is 0.352 e. The number of aromatic nitrogens is 3. The van der Waals surface area contributed by atoms with Gasteiger partial charge in [-0.15, -0.1) is 0 Å². The maximum Gasteiger partial charge on any atom is 0.352 e. The predicted molar refractivity (Wildman–Crippen MR) is 126 cm³/mol. The second kappa shape index (κ2) is 9.54. The van der Waals surface area contributed by atoms with Crippen LogP contribution < -0.4 is 21.3 Å². The van der Waals surface area contributed by atoms with Crippen LogP contribution in [0.4, 0.5) is 5.69 Å². The van der Waals surface area contributed by atoms with Crippen LogP contribution in [0.3, 0.4) is 0 Å². The van der Waals surface area contributed by atoms with Gasteiger partial charge in [0.05, 0.1) is 19.3 Å². The fourth-order valence-electron chi connectivity index (χ4n) is 3.20. The van der Waals surface area contributed by atoms with E-state index in [9.17, 15) is 14.4 Å². The molecule has 4 aromatic rings. The molecule has 4 rings (SSSR count). The van der Waals surface area contributed by atoms with Gasteiger partial charge in [0.2, 0.25) is 5.69 Å². The first-order chi connectivity index (χ1) is 16.0. The molecule has 0 aliphatic rings. The number of nitrogens with zero attached hydrogens (tertiary/aromatic N) is 3. The Morgan fingerprint density at radius 1 is 0.970 bits per heavy atom. The van der Waals surface area contributed by atoms with Crippen molar-refractivity contribution in [3.05, 3.63) is 116 Å². The number of carbonyl (C=O) groups is 1. The van der Waals surface area contributed by atoms with Crippen LogP contribution in [0.2, 0.25) is 5.02 Å². The van der Waals surface area contributed by atoms with E-state index in [4.69, 9.17) is 16.3 Å². The summed E-state index contributed by atoms with van der Waals surface area (Å²) >= 11 is 6.25. The molecule has 0 atom stereocenters. The standard InChI is InChI=1S/C24H19ClN4O4/c1-33-19-13-11-18(12-14-19)29-24(32)28(15-16-7-5-6-10-20(16)25)23(31)21(27-29)22(30)26-17-8-3-2-4-9-17/h2-14H,15H2,1H3,(H,26,30). The Balaban J connectivity index is 1.86. The number of methoxy groups -OCH3 is 1. The summed E-state index contributed by atoms with van der Waals surface area (Å²) in [4.78, 5) is 39.4. The van der Waals surface area contributed by atoms with E-state index < -0.39 is 22.9 Å². The van der Waals surface area contributed by atoms with E-state index in [1.165, 1.54) is 7.11 Å². The van der Waals surface area contributed by atoms with Crippen LogP contribution in [-0.4, -0.2) is 27.4 Å². The third-order valence-corrected chi connectivity index (χ3v) is 5.28. The molecular weight excluding hydrogens is 444 g/mol. The number of amides is 1. The topological polar surface area (TPSA) is 95.2 Å². The van der Waals surface area contributed by atoms with Crippen LogP contribution in [0, 0.1) is 0 Å². The van der Waals surface area contributed by atoms with Gasteiger partial charge in [0.15, 0.2) is 0 Å². The average molecular weight is 463 g/mol. The summed E-state index contributed by atoms with van der Waals surface area (Å²) in [6.45, 7) is -0.123. The third kappa shape index (κ3) is 4.70. The molecule has 8 nitrogen and oxygen atoms in total. The minimum atomic E-state index is -0.821. The Kier molecular flexibility index (Phi) is 6.37. The zero-order valence-electron chi connectivity index (χ0n) is 17.6. The van der Waals surface area contributed by atoms with Gasteiger partial charge in [-0.25, -0.2) is 4.79 Å². The molecule has 9 heteroatoms. The fourth-order valence-corrected chi connectivity index (χ4v) is 3.39. The van der Waals surface area contributed by atoms with Crippen molar-refractivity contribution in [2.45, 2.75) is 6.54 Å². The van der Waals surface area contributed by atoms with Crippen molar-refractivity contribution >= 4 is 23.2 Å². The molecule has 0 spiro atoms. The molecular formula is C24H19ClN4O4. The Bertz CT molecular complexity index is 1410. The maximum atomic E-state index is 13.3. The van der Waals surface area contributed by atoms with E-state index >= 15 is 0 Å². The Hall–Kier alpha value is -4.17. The first kappa shape index (κ1) is 22.0. The number of anilines is 1. The largest absolute Gasteiger partial charge is 0.497 e. The van der Waals surface area contributed by atoms with Gasteiger partial charge in [0.25, 0.3) is 11.5 Å². The van der Waals surface area contributed by atoms with Crippen LogP contribution in [0.5, 0.6) is 5.75 Å². The molecule has 166 valence electrons. The van der Waals surface area contributed by atoms with Crippen molar-refractivity contribution in [2.75, 3.05) is 12.4 Å². The molecule has 1 amide bonds. The lowest BCUT2D eigenvalue weighted by Crippen LogP contribution is -2.45. The van der Waals surface area contributed by atoms with Crippen molar-refractivity contribution < 1.29 is 9.53 Å². The monoisotopic (exact) mass is 462 g/mol. The summed E-state index contributed by atoms with van der Waals surface area (Å²) in [5.74, 6) is -0.153. The van der Waals surface area contributed by atoms with Crippen LogP contribution >= 0.6 is 11.6 Å². The van der Waals surface area contributed by atoms with Crippen LogP contribution in [0.15, 0.2) is 88.5 Å². The highest BCUT2D eigenvalue weighted by Crippen LogP contribution is 2.16. The molecule has 1 aromatic heterocycles. The predicted octanol–water partition coefficient (Wildman–Crippen LogP) is 3.36. The SMILES string of the molecule is COc1ccc(-n2nc(C(=O)Nc3ccccc3)c(=O)n(Cc3ccccc3Cl)c2=O)cc1. The van der Waals surface area contributed by atoms with Crippen molar-refractivity contribution in [1.82, 2.24) is 14.3 Å². The number of para-hydroxylation sites is 1. The molecule has 1 N–H and O–H groups in total. The minimum Gasteiger partial charge on any atom is -0.497 e. The lowest BCUT2D eigenvalue weighted by atomic mass is 10.2. The number of halogens is 1. The molecule has 0 aliphatic carbocycles. The van der Waals surface area contributed by atoms with Gasteiger partial charge in [-0.2, -0.15) is 9.78 Å². The van der Waals surface area contributed by atoms with E-state index in [0.29, 0.717) is 27.7 Å². The van der Waals surface area contributed by atoms with E-state index in [2.05, 4.69) is 10.4 Å². The van der Waals surface area contributed by atoms with Gasteiger partial charge in [-0.05, 0) is 48.0 Å². The number of hydrogen-bond acceptors (Lipinski definition) is 5. The fraction of sp³-hybridized carbons (Fsp3) is 0.0833. The zero-order chi connectivity index (χ0) is 23.4. The van der Waals surface area contributed by atoms with Gasteiger partial charge in [0, 0.05) is 10.7 Å². The first-order valence-electron chi connectivity index (χ1n) is 9.96. The van der Waals surface area contributed by atoms with Crippen molar-refractivity contribution in [2.24, 2.45) is 0 Å². The van der Waals surface area contributed by atoms with E-state index in [0.717, 1.165) is 9.25 Å². The van der Waals surface area contributed by atoms with Crippen LogP contribution in [0.25, 0.3) is 5.69 Å². The zero-order valence-corrected chi connectivity index (χ0v) is 18.3. The summed E-state index contributed by atoms with van der Waals surface area (Å²) < 4.78 is 7.11. The van der Waals surface area contributed by atoms with Crippen molar-refractivity contribution in [1.29, 1.82) is 0 Å². The molecule has 1 heterocycles. The molecule has 0 bridgehead atoms. The summed E-state index contributed by atoms with van der Waals surface area (Å²) in [7, 11) is 1.52. The summed E-state index contributed by atoms with van der Waals surface area (Å²) in [6.07, 6.45) is 0. The molecule has 0 saturated heterocycles. The van der Waals surface area contributed by atoms with Crippen LogP contribution in [0.1, 0.15) is 16.1 Å². The Labute approximate surface area is 193 Å². The highest BCUT2D eigenvalue weighted by atomic mass is 35.5. The lowest BCUT2D eigenvalue weighted by molar-refractivity contribution is 0.101. The number of hydrogen-bond donors (Lipinski definition) is 1. The molecule has 0 saturated carbocycles. The van der Waals surface area contributed by atoms with Gasteiger partial charge in [-0.3, -0.25) is 14.2 Å². The van der Waals surface area contributed by atoms with Gasteiger partial charge >= 0.3 is 5.69 Å². The van der Waals surface area contributed by atoms with Gasteiger partial charge in [-0.1, -0.05) is 48.0 Å². The van der Waals surface area contributed by atoms with Gasteiger partial charge < -0.3 is 10.1 Å². The minimum absolute atomic E-state index is 0.123. The third-order valence-electron chi connectivity index (χ3n) is 4.91. The molecule has 0 fully saturated rings. The van der Waals surface area contributed by atoms with Crippen molar-refractivity contribution in [3.8, 4) is 11.4 Å². The van der Waals surface area contributed by atoms with Crippen molar-refractivity contribution in [3.63, 3.8) is 0 Å². The Morgan fingerprint density at radius 3 is 2.30 bits per heavy atom. The number of benzene rings is 3. The quantitative estimate of drug-likeness (QED) is 0.474. The highest BCUT2D eigenvalue weighted by Gasteiger charge is 2.21. The van der Waals surface area contributed by atoms with E-state index in [-0.39, 0.29) is 6.54 Å². The highest BCUT2D eigenvalue weighted by molar-refractivity contribution is 6.31. The summed E-state index contributed by atoms with van der Waals surface area (Å²) in [5, 5.41) is 7.14. The second-order valence-electron chi connectivity index (χ2n) is 7.04. The number of nitrogens with one attached hydrogen (secondary N) is 1. The number of rotatable bonds is 6. The first-order valence-corrected chi connectivity index (χ1v) is 10.3. The summed E-state index contributed by atoms with van der Waals surface area (Å²) in [5.41, 5.74) is -0.549. The normalized spacial score (nSPS) is 10.6. The molecule has 0 aliphatic heterocycles. The molecule has 0 unspecified atom stereocenters.